The molecule has 1 unspecified atom stereocenters. The second-order valence-corrected chi connectivity index (χ2v) is 7.87. The highest BCUT2D eigenvalue weighted by molar-refractivity contribution is 5.94. The van der Waals surface area contributed by atoms with E-state index in [4.69, 9.17) is 5.73 Å². The Morgan fingerprint density at radius 3 is 2.13 bits per heavy atom. The molecule has 168 valence electrons. The van der Waals surface area contributed by atoms with Crippen LogP contribution in [0.2, 0.25) is 0 Å². The standard InChI is InChI=1S/C15H22O.C9H14N2.C3H8/c1-3-4-5-6-7-8-14-9-11-15(12-10-14)13(2)16;1-3-8-5-4-6-9(10)11-7(8)2;1-3-2/h9-12H,3-8H2,1-2H3;4-6,8H,3,10H2,1-2H3;3H2,1-2H3. The van der Waals surface area contributed by atoms with Gasteiger partial charge >= 0.3 is 0 Å². The minimum absolute atomic E-state index is 0.148. The van der Waals surface area contributed by atoms with E-state index in [-0.39, 0.29) is 5.78 Å². The fourth-order valence-corrected chi connectivity index (χ4v) is 3.02. The number of allylic oxidation sites excluding steroid dienone is 3. The van der Waals surface area contributed by atoms with Crippen LogP contribution in [-0.2, 0) is 6.42 Å². The highest BCUT2D eigenvalue weighted by Gasteiger charge is 2.07. The molecule has 1 aliphatic rings. The molecule has 0 saturated heterocycles. The molecule has 0 saturated carbocycles. The molecule has 2 N–H and O–H groups in total. The van der Waals surface area contributed by atoms with Gasteiger partial charge < -0.3 is 5.73 Å². The first-order chi connectivity index (χ1) is 14.4. The second kappa shape index (κ2) is 17.7. The van der Waals surface area contributed by atoms with Gasteiger partial charge in [0.15, 0.2) is 5.78 Å². The summed E-state index contributed by atoms with van der Waals surface area (Å²) in [5, 5.41) is 0. The van der Waals surface area contributed by atoms with Crippen LogP contribution < -0.4 is 5.73 Å². The molecule has 0 amide bonds. The molecule has 3 heteroatoms. The quantitative estimate of drug-likeness (QED) is 0.352. The number of aryl methyl sites for hydroxylation is 1. The largest absolute Gasteiger partial charge is 0.384 e. The third-order valence-electron chi connectivity index (χ3n) is 4.82. The average molecular weight is 413 g/mol. The van der Waals surface area contributed by atoms with Crippen LogP contribution in [0.3, 0.4) is 0 Å². The van der Waals surface area contributed by atoms with E-state index in [9.17, 15) is 4.79 Å². The van der Waals surface area contributed by atoms with Crippen LogP contribution in [0.15, 0.2) is 53.3 Å². The number of carbonyl (C=O) groups is 1. The molecule has 3 nitrogen and oxygen atoms in total. The number of unbranched alkanes of at least 4 members (excludes halogenated alkanes) is 4. The van der Waals surface area contributed by atoms with Crippen molar-refractivity contribution in [2.24, 2.45) is 16.6 Å². The van der Waals surface area contributed by atoms with Gasteiger partial charge in [0.05, 0.1) is 0 Å². The number of hydrogen-bond donors (Lipinski definition) is 1. The zero-order chi connectivity index (χ0) is 22.8. The molecule has 1 heterocycles. The van der Waals surface area contributed by atoms with Crippen molar-refractivity contribution in [3.05, 3.63) is 59.4 Å². The number of carbonyl (C=O) groups excluding carboxylic acids is 1. The monoisotopic (exact) mass is 412 g/mol. The molecule has 0 bridgehead atoms. The van der Waals surface area contributed by atoms with E-state index in [0.29, 0.717) is 11.7 Å². The van der Waals surface area contributed by atoms with Crippen LogP contribution in [-0.4, -0.2) is 11.5 Å². The average Bonchev–Trinajstić information content (AvgIpc) is 2.88. The molecule has 1 aliphatic heterocycles. The van der Waals surface area contributed by atoms with E-state index < -0.39 is 0 Å². The maximum absolute atomic E-state index is 11.1. The van der Waals surface area contributed by atoms with Crippen molar-refractivity contribution in [3.63, 3.8) is 0 Å². The lowest BCUT2D eigenvalue weighted by Gasteiger charge is -2.06. The van der Waals surface area contributed by atoms with Crippen molar-refractivity contribution >= 4 is 11.5 Å². The summed E-state index contributed by atoms with van der Waals surface area (Å²) in [4.78, 5) is 15.3. The van der Waals surface area contributed by atoms with Crippen molar-refractivity contribution in [2.75, 3.05) is 0 Å². The van der Waals surface area contributed by atoms with Crippen LogP contribution in [0.1, 0.15) is 102 Å². The van der Waals surface area contributed by atoms with Gasteiger partial charge in [0.25, 0.3) is 0 Å². The minimum Gasteiger partial charge on any atom is -0.384 e. The summed E-state index contributed by atoms with van der Waals surface area (Å²) >= 11 is 0. The number of nitrogens with zero attached hydrogens (tertiary/aromatic N) is 1. The lowest BCUT2D eigenvalue weighted by Crippen LogP contribution is -2.07. The van der Waals surface area contributed by atoms with Gasteiger partial charge in [-0.25, -0.2) is 4.99 Å². The molecule has 0 radical (unpaired) electrons. The van der Waals surface area contributed by atoms with Gasteiger partial charge in [-0.15, -0.1) is 0 Å². The van der Waals surface area contributed by atoms with Gasteiger partial charge in [-0.05, 0) is 44.7 Å². The predicted octanol–water partition coefficient (Wildman–Crippen LogP) is 7.66. The summed E-state index contributed by atoms with van der Waals surface area (Å²) < 4.78 is 0. The fraction of sp³-hybridized carbons (Fsp3) is 0.556. The zero-order valence-corrected chi connectivity index (χ0v) is 20.2. The molecule has 1 aromatic carbocycles. The first-order valence-corrected chi connectivity index (χ1v) is 11.7. The molecule has 0 fully saturated rings. The summed E-state index contributed by atoms with van der Waals surface area (Å²) in [6, 6.07) is 8.03. The number of ketones is 1. The Balaban J connectivity index is 0.000000521. The van der Waals surface area contributed by atoms with Crippen molar-refractivity contribution in [1.29, 1.82) is 0 Å². The van der Waals surface area contributed by atoms with E-state index in [1.165, 1.54) is 44.1 Å². The maximum Gasteiger partial charge on any atom is 0.159 e. The summed E-state index contributed by atoms with van der Waals surface area (Å²) in [7, 11) is 0. The van der Waals surface area contributed by atoms with Gasteiger partial charge in [0.1, 0.15) is 5.82 Å². The molecule has 30 heavy (non-hydrogen) atoms. The normalized spacial score (nSPS) is 14.9. The van der Waals surface area contributed by atoms with Crippen LogP contribution >= 0.6 is 0 Å². The molecule has 0 aliphatic carbocycles. The van der Waals surface area contributed by atoms with Crippen LogP contribution in [0.5, 0.6) is 0 Å². The highest BCUT2D eigenvalue weighted by Crippen LogP contribution is 2.12. The van der Waals surface area contributed by atoms with E-state index in [2.05, 4.69) is 50.9 Å². The van der Waals surface area contributed by atoms with Crippen molar-refractivity contribution in [2.45, 2.75) is 92.9 Å². The summed E-state index contributed by atoms with van der Waals surface area (Å²) in [6.07, 6.45) is 16.0. The Kier molecular flexibility index (Phi) is 16.4. The first-order valence-electron chi connectivity index (χ1n) is 11.7. The number of rotatable bonds is 8. The minimum atomic E-state index is 0.148. The molecule has 1 atom stereocenters. The molecular weight excluding hydrogens is 368 g/mol. The van der Waals surface area contributed by atoms with Gasteiger partial charge in [-0.3, -0.25) is 4.79 Å². The molecule has 1 aromatic rings. The Morgan fingerprint density at radius 2 is 1.60 bits per heavy atom. The van der Waals surface area contributed by atoms with E-state index in [0.717, 1.165) is 24.1 Å². The Bertz CT molecular complexity index is 669. The Morgan fingerprint density at radius 1 is 1.00 bits per heavy atom. The topological polar surface area (TPSA) is 55.4 Å². The number of nitrogens with two attached hydrogens (primary N) is 1. The van der Waals surface area contributed by atoms with Crippen LogP contribution in [0, 0.1) is 5.92 Å². The third kappa shape index (κ3) is 13.1. The molecule has 0 aromatic heterocycles. The zero-order valence-electron chi connectivity index (χ0n) is 20.2. The maximum atomic E-state index is 11.1. The summed E-state index contributed by atoms with van der Waals surface area (Å²) in [5.74, 6) is 1.22. The molecule has 2 rings (SSSR count). The molecule has 0 spiro atoms. The van der Waals surface area contributed by atoms with Crippen molar-refractivity contribution < 1.29 is 4.79 Å². The van der Waals surface area contributed by atoms with Crippen LogP contribution in [0.25, 0.3) is 0 Å². The summed E-state index contributed by atoms with van der Waals surface area (Å²) in [5.41, 5.74) is 8.83. The van der Waals surface area contributed by atoms with Gasteiger partial charge in [-0.2, -0.15) is 0 Å². The lowest BCUT2D eigenvalue weighted by atomic mass is 10.0. The SMILES string of the molecule is CCC.CCC1C=CC=C(N)N=C1C.CCCCCCCc1ccc(C(C)=O)cc1. The van der Waals surface area contributed by atoms with Crippen LogP contribution in [0.4, 0.5) is 0 Å². The number of benzene rings is 1. The van der Waals surface area contributed by atoms with Gasteiger partial charge in [-0.1, -0.05) is 96.2 Å². The Labute approximate surface area is 185 Å². The number of hydrogen-bond acceptors (Lipinski definition) is 3. The van der Waals surface area contributed by atoms with Crippen molar-refractivity contribution in [1.82, 2.24) is 0 Å². The second-order valence-electron chi connectivity index (χ2n) is 7.87. The third-order valence-corrected chi connectivity index (χ3v) is 4.82. The fourth-order valence-electron chi connectivity index (χ4n) is 3.02. The highest BCUT2D eigenvalue weighted by atomic mass is 16.1. The smallest absolute Gasteiger partial charge is 0.159 e. The molecular formula is C27H44N2O. The Hall–Kier alpha value is -2.16. The van der Waals surface area contributed by atoms with Crippen molar-refractivity contribution in [3.8, 4) is 0 Å². The number of Topliss-reactive ketones (excluding diaryl/α,β-unsaturated/α-hetero) is 1. The van der Waals surface area contributed by atoms with E-state index in [1.54, 1.807) is 6.92 Å². The van der Waals surface area contributed by atoms with Gasteiger partial charge in [0, 0.05) is 17.2 Å². The van der Waals surface area contributed by atoms with E-state index in [1.807, 2.05) is 31.2 Å². The van der Waals surface area contributed by atoms with Gasteiger partial charge in [0.2, 0.25) is 0 Å². The van der Waals surface area contributed by atoms with E-state index >= 15 is 0 Å². The summed E-state index contributed by atoms with van der Waals surface area (Å²) in [6.45, 7) is 12.3. The number of aliphatic imine (C=N–C) groups is 1. The predicted molar refractivity (Wildman–Crippen MR) is 133 cm³/mol. The lowest BCUT2D eigenvalue weighted by molar-refractivity contribution is 0.101. The first kappa shape index (κ1) is 27.8.